The average molecular weight is 338 g/mol. The maximum absolute atomic E-state index is 11.9. The number of aryl methyl sites for hydroxylation is 1. The van der Waals surface area contributed by atoms with Crippen LogP contribution < -0.4 is 5.32 Å². The van der Waals surface area contributed by atoms with Crippen molar-refractivity contribution < 1.29 is 13.2 Å². The molecule has 22 heavy (non-hydrogen) atoms. The summed E-state index contributed by atoms with van der Waals surface area (Å²) in [7, 11) is -0.477. The second-order valence-electron chi connectivity index (χ2n) is 4.99. The first kappa shape index (κ1) is 16.7. The van der Waals surface area contributed by atoms with E-state index in [2.05, 4.69) is 5.32 Å². The number of rotatable bonds is 6. The number of nitrogens with one attached hydrogen (secondary N) is 1. The zero-order valence-electron chi connectivity index (χ0n) is 12.4. The zero-order chi connectivity index (χ0) is 16.2. The minimum absolute atomic E-state index is 0.0885. The van der Waals surface area contributed by atoms with Gasteiger partial charge in [-0.25, -0.2) is 12.7 Å². The Morgan fingerprint density at radius 3 is 2.41 bits per heavy atom. The largest absolute Gasteiger partial charge is 0.326 e. The fraction of sp³-hybridized carbons (Fsp3) is 0.267. The molecule has 1 N–H and O–H groups in total. The molecule has 0 fully saturated rings. The van der Waals surface area contributed by atoms with Gasteiger partial charge in [-0.15, -0.1) is 0 Å². The topological polar surface area (TPSA) is 66.5 Å². The normalized spacial score (nSPS) is 11.6. The van der Waals surface area contributed by atoms with E-state index in [1.165, 1.54) is 26.2 Å². The molecule has 0 atom stereocenters. The van der Waals surface area contributed by atoms with Crippen molar-refractivity contribution in [1.29, 1.82) is 0 Å². The van der Waals surface area contributed by atoms with Crippen molar-refractivity contribution in [2.45, 2.75) is 17.7 Å². The Labute approximate surface area is 134 Å². The second-order valence-corrected chi connectivity index (χ2v) is 7.92. The van der Waals surface area contributed by atoms with E-state index in [1.807, 2.05) is 16.8 Å². The monoisotopic (exact) mass is 338 g/mol. The van der Waals surface area contributed by atoms with Gasteiger partial charge in [-0.1, -0.05) is 0 Å². The summed E-state index contributed by atoms with van der Waals surface area (Å²) in [6.45, 7) is 0. The predicted octanol–water partition coefficient (Wildman–Crippen LogP) is 2.57. The van der Waals surface area contributed by atoms with Gasteiger partial charge in [-0.2, -0.15) is 11.3 Å². The van der Waals surface area contributed by atoms with Gasteiger partial charge in [0.1, 0.15) is 0 Å². The van der Waals surface area contributed by atoms with Crippen molar-refractivity contribution in [3.05, 3.63) is 46.7 Å². The summed E-state index contributed by atoms with van der Waals surface area (Å²) in [5.41, 5.74) is 1.74. The van der Waals surface area contributed by atoms with E-state index in [9.17, 15) is 13.2 Å². The number of hydrogen-bond donors (Lipinski definition) is 1. The Kier molecular flexibility index (Phi) is 5.33. The molecule has 0 saturated carbocycles. The van der Waals surface area contributed by atoms with E-state index >= 15 is 0 Å². The second kappa shape index (κ2) is 7.04. The van der Waals surface area contributed by atoms with Crippen molar-refractivity contribution in [1.82, 2.24) is 4.31 Å². The highest BCUT2D eigenvalue weighted by Gasteiger charge is 2.16. The molecule has 5 nitrogen and oxygen atoms in total. The first-order chi connectivity index (χ1) is 10.4. The van der Waals surface area contributed by atoms with E-state index in [0.717, 1.165) is 9.87 Å². The van der Waals surface area contributed by atoms with Crippen LogP contribution in [0.25, 0.3) is 0 Å². The predicted molar refractivity (Wildman–Crippen MR) is 88.6 cm³/mol. The summed E-state index contributed by atoms with van der Waals surface area (Å²) in [4.78, 5) is 12.1. The summed E-state index contributed by atoms with van der Waals surface area (Å²) < 4.78 is 25.0. The first-order valence-corrected chi connectivity index (χ1v) is 9.11. The van der Waals surface area contributed by atoms with Crippen LogP contribution in [0.2, 0.25) is 0 Å². The number of hydrogen-bond acceptors (Lipinski definition) is 4. The first-order valence-electron chi connectivity index (χ1n) is 6.73. The van der Waals surface area contributed by atoms with Gasteiger partial charge in [0.05, 0.1) is 4.90 Å². The number of nitrogens with zero attached hydrogens (tertiary/aromatic N) is 1. The van der Waals surface area contributed by atoms with Crippen molar-refractivity contribution in [3.8, 4) is 0 Å². The standard InChI is InChI=1S/C15H18N2O3S2/c1-17(2)22(19,20)14-6-4-13(5-7-14)16-15(18)8-3-12-9-10-21-11-12/h4-7,9-11H,3,8H2,1-2H3,(H,16,18). The van der Waals surface area contributed by atoms with Crippen LogP contribution >= 0.6 is 11.3 Å². The van der Waals surface area contributed by atoms with Crippen LogP contribution in [0, 0.1) is 0 Å². The Morgan fingerprint density at radius 1 is 1.18 bits per heavy atom. The lowest BCUT2D eigenvalue weighted by molar-refractivity contribution is -0.116. The van der Waals surface area contributed by atoms with Crippen LogP contribution in [-0.4, -0.2) is 32.7 Å². The molecule has 0 unspecified atom stereocenters. The van der Waals surface area contributed by atoms with Gasteiger partial charge in [0.2, 0.25) is 15.9 Å². The lowest BCUT2D eigenvalue weighted by Gasteiger charge is -2.12. The number of carbonyl (C=O) groups is 1. The van der Waals surface area contributed by atoms with Gasteiger partial charge in [0.15, 0.2) is 0 Å². The summed E-state index contributed by atoms with van der Waals surface area (Å²) >= 11 is 1.61. The highest BCUT2D eigenvalue weighted by Crippen LogP contribution is 2.17. The van der Waals surface area contributed by atoms with Crippen LogP contribution in [0.3, 0.4) is 0 Å². The molecule has 0 spiro atoms. The van der Waals surface area contributed by atoms with E-state index < -0.39 is 10.0 Å². The van der Waals surface area contributed by atoms with Gasteiger partial charge < -0.3 is 5.32 Å². The number of benzene rings is 1. The minimum atomic E-state index is -3.44. The number of thiophene rings is 1. The van der Waals surface area contributed by atoms with Crippen molar-refractivity contribution >= 4 is 33.0 Å². The Bertz CT molecular complexity index is 721. The number of sulfonamides is 1. The van der Waals surface area contributed by atoms with Crippen LogP contribution in [0.5, 0.6) is 0 Å². The summed E-state index contributed by atoms with van der Waals surface area (Å²) in [5.74, 6) is -0.0885. The lowest BCUT2D eigenvalue weighted by atomic mass is 10.2. The molecule has 1 heterocycles. The number of carbonyl (C=O) groups excluding carboxylic acids is 1. The molecule has 1 amide bonds. The molecule has 7 heteroatoms. The highest BCUT2D eigenvalue weighted by atomic mass is 32.2. The van der Waals surface area contributed by atoms with E-state index in [-0.39, 0.29) is 10.8 Å². The van der Waals surface area contributed by atoms with Crippen LogP contribution in [0.15, 0.2) is 46.0 Å². The maximum atomic E-state index is 11.9. The van der Waals surface area contributed by atoms with Crippen molar-refractivity contribution in [2.24, 2.45) is 0 Å². The molecule has 1 aromatic carbocycles. The molecule has 0 radical (unpaired) electrons. The number of amides is 1. The van der Waals surface area contributed by atoms with Gasteiger partial charge in [0, 0.05) is 26.2 Å². The molecule has 118 valence electrons. The molecule has 0 saturated heterocycles. The van der Waals surface area contributed by atoms with E-state index in [4.69, 9.17) is 0 Å². The summed E-state index contributed by atoms with van der Waals surface area (Å²) in [6, 6.07) is 8.17. The molecule has 2 rings (SSSR count). The molecule has 2 aromatic rings. The molecular weight excluding hydrogens is 320 g/mol. The molecule has 1 aromatic heterocycles. The van der Waals surface area contributed by atoms with E-state index in [0.29, 0.717) is 18.5 Å². The minimum Gasteiger partial charge on any atom is -0.326 e. The van der Waals surface area contributed by atoms with Crippen LogP contribution in [-0.2, 0) is 21.2 Å². The van der Waals surface area contributed by atoms with Crippen LogP contribution in [0.1, 0.15) is 12.0 Å². The SMILES string of the molecule is CN(C)S(=O)(=O)c1ccc(NC(=O)CCc2ccsc2)cc1. The summed E-state index contributed by atoms with van der Waals surface area (Å²) in [6.07, 6.45) is 1.09. The van der Waals surface area contributed by atoms with Gasteiger partial charge in [0.25, 0.3) is 0 Å². The Morgan fingerprint density at radius 2 is 1.86 bits per heavy atom. The van der Waals surface area contributed by atoms with Crippen LogP contribution in [0.4, 0.5) is 5.69 Å². The quantitative estimate of drug-likeness (QED) is 0.880. The highest BCUT2D eigenvalue weighted by molar-refractivity contribution is 7.89. The third kappa shape index (κ3) is 4.16. The lowest BCUT2D eigenvalue weighted by Crippen LogP contribution is -2.22. The average Bonchev–Trinajstić information content (AvgIpc) is 2.99. The Balaban J connectivity index is 1.95. The molecule has 0 bridgehead atoms. The fourth-order valence-electron chi connectivity index (χ4n) is 1.84. The molecule has 0 aliphatic rings. The van der Waals surface area contributed by atoms with Gasteiger partial charge in [-0.3, -0.25) is 4.79 Å². The number of anilines is 1. The molecule has 0 aliphatic carbocycles. The van der Waals surface area contributed by atoms with Gasteiger partial charge in [-0.05, 0) is 53.1 Å². The molecule has 0 aliphatic heterocycles. The third-order valence-electron chi connectivity index (χ3n) is 3.14. The van der Waals surface area contributed by atoms with E-state index in [1.54, 1.807) is 23.5 Å². The maximum Gasteiger partial charge on any atom is 0.242 e. The third-order valence-corrected chi connectivity index (χ3v) is 5.70. The van der Waals surface area contributed by atoms with Crippen molar-refractivity contribution in [3.63, 3.8) is 0 Å². The van der Waals surface area contributed by atoms with Crippen molar-refractivity contribution in [2.75, 3.05) is 19.4 Å². The smallest absolute Gasteiger partial charge is 0.242 e. The van der Waals surface area contributed by atoms with Gasteiger partial charge >= 0.3 is 0 Å². The summed E-state index contributed by atoms with van der Waals surface area (Å²) in [5, 5.41) is 6.77. The Hall–Kier alpha value is -1.70. The molecular formula is C15H18N2O3S2. The fourth-order valence-corrected chi connectivity index (χ4v) is 3.44. The zero-order valence-corrected chi connectivity index (χ0v) is 14.1.